The van der Waals surface area contributed by atoms with Crippen LogP contribution in [0.25, 0.3) is 11.1 Å². The van der Waals surface area contributed by atoms with E-state index >= 15 is 0 Å². The Morgan fingerprint density at radius 2 is 1.77 bits per heavy atom. The van der Waals surface area contributed by atoms with Crippen molar-refractivity contribution in [1.29, 1.82) is 0 Å². The summed E-state index contributed by atoms with van der Waals surface area (Å²) in [5, 5.41) is 0. The van der Waals surface area contributed by atoms with Crippen molar-refractivity contribution >= 4 is 6.09 Å². The average molecular weight is 398 g/mol. The molecule has 3 aliphatic rings. The highest BCUT2D eigenvalue weighted by molar-refractivity contribution is 5.79. The first kappa shape index (κ1) is 19.0. The second kappa shape index (κ2) is 8.03. The number of hydrogen-bond donors (Lipinski definition) is 0. The molecular formula is C27H27NO2. The summed E-state index contributed by atoms with van der Waals surface area (Å²) in [5.74, 6) is 6.27. The summed E-state index contributed by atoms with van der Waals surface area (Å²) in [6.45, 7) is 2.27. The Morgan fingerprint density at radius 3 is 2.43 bits per heavy atom. The van der Waals surface area contributed by atoms with Gasteiger partial charge in [-0.3, -0.25) is 4.90 Å². The Hall–Kier alpha value is -2.99. The van der Waals surface area contributed by atoms with Gasteiger partial charge in [0.25, 0.3) is 0 Å². The molecule has 3 heteroatoms. The molecule has 1 aliphatic carbocycles. The fourth-order valence-corrected chi connectivity index (χ4v) is 5.40. The normalized spacial score (nSPS) is 21.8. The van der Waals surface area contributed by atoms with Crippen LogP contribution in [0.4, 0.5) is 4.79 Å². The highest BCUT2D eigenvalue weighted by atomic mass is 16.6. The molecule has 2 aromatic carbocycles. The van der Waals surface area contributed by atoms with Gasteiger partial charge in [-0.05, 0) is 54.9 Å². The average Bonchev–Trinajstić information content (AvgIpc) is 3.09. The van der Waals surface area contributed by atoms with Crippen molar-refractivity contribution in [3.8, 4) is 23.0 Å². The topological polar surface area (TPSA) is 29.5 Å². The number of ether oxygens (including phenoxy) is 1. The van der Waals surface area contributed by atoms with Crippen molar-refractivity contribution in [2.24, 2.45) is 0 Å². The number of carbonyl (C=O) groups is 1. The molecule has 0 N–H and O–H groups in total. The van der Waals surface area contributed by atoms with Gasteiger partial charge in [0.15, 0.2) is 0 Å². The maximum atomic E-state index is 13.2. The summed E-state index contributed by atoms with van der Waals surface area (Å²) in [5.41, 5.74) is 6.40. The molecule has 2 unspecified atom stereocenters. The van der Waals surface area contributed by atoms with E-state index in [4.69, 9.17) is 4.74 Å². The fourth-order valence-electron chi connectivity index (χ4n) is 5.40. The van der Waals surface area contributed by atoms with E-state index < -0.39 is 0 Å². The molecule has 5 rings (SSSR count). The SMILES string of the molecule is CC#CCC1=CC2CCCC(C1)N2C(=O)OCC1c2ccccc2-c2ccccc21. The first-order valence-electron chi connectivity index (χ1n) is 11.0. The number of fused-ring (bicyclic) bond motifs is 5. The van der Waals surface area contributed by atoms with Gasteiger partial charge in [0.05, 0.1) is 6.04 Å². The predicted octanol–water partition coefficient (Wildman–Crippen LogP) is 5.90. The Bertz CT molecular complexity index is 1010. The van der Waals surface area contributed by atoms with Crippen molar-refractivity contribution in [3.05, 3.63) is 71.3 Å². The van der Waals surface area contributed by atoms with Gasteiger partial charge in [-0.2, -0.15) is 0 Å². The van der Waals surface area contributed by atoms with Crippen molar-refractivity contribution < 1.29 is 9.53 Å². The lowest BCUT2D eigenvalue weighted by molar-refractivity contribution is 0.0509. The number of nitrogens with zero attached hydrogens (tertiary/aromatic N) is 1. The lowest BCUT2D eigenvalue weighted by Crippen LogP contribution is -2.52. The molecule has 0 spiro atoms. The molecule has 2 aliphatic heterocycles. The zero-order valence-electron chi connectivity index (χ0n) is 17.4. The summed E-state index contributed by atoms with van der Waals surface area (Å²) in [7, 11) is 0. The van der Waals surface area contributed by atoms with E-state index in [-0.39, 0.29) is 24.1 Å². The number of rotatable bonds is 3. The Kier molecular flexibility index (Phi) is 5.09. The Labute approximate surface area is 178 Å². The molecule has 2 heterocycles. The van der Waals surface area contributed by atoms with Crippen molar-refractivity contribution in [2.75, 3.05) is 6.61 Å². The van der Waals surface area contributed by atoms with Crippen LogP contribution in [0, 0.1) is 11.8 Å². The summed E-state index contributed by atoms with van der Waals surface area (Å²) in [6, 6.07) is 17.3. The van der Waals surface area contributed by atoms with E-state index in [1.807, 2.05) is 11.8 Å². The molecule has 1 fully saturated rings. The molecule has 1 amide bonds. The van der Waals surface area contributed by atoms with E-state index in [1.165, 1.54) is 34.2 Å². The molecule has 2 bridgehead atoms. The number of carbonyl (C=O) groups excluding carboxylic acids is 1. The second-order valence-electron chi connectivity index (χ2n) is 8.50. The Balaban J connectivity index is 1.33. The molecule has 0 aromatic heterocycles. The van der Waals surface area contributed by atoms with Crippen LogP contribution in [0.2, 0.25) is 0 Å². The third-order valence-electron chi connectivity index (χ3n) is 6.75. The quantitative estimate of drug-likeness (QED) is 0.476. The van der Waals surface area contributed by atoms with E-state index in [1.54, 1.807) is 0 Å². The van der Waals surface area contributed by atoms with Gasteiger partial charge in [0, 0.05) is 18.4 Å². The molecule has 0 saturated carbocycles. The third kappa shape index (κ3) is 3.31. The van der Waals surface area contributed by atoms with Gasteiger partial charge in [0.1, 0.15) is 6.61 Å². The summed E-state index contributed by atoms with van der Waals surface area (Å²) in [4.78, 5) is 15.2. The maximum Gasteiger partial charge on any atom is 0.410 e. The van der Waals surface area contributed by atoms with E-state index in [9.17, 15) is 4.79 Å². The van der Waals surface area contributed by atoms with Crippen LogP contribution in [-0.4, -0.2) is 29.7 Å². The molecule has 2 aromatic rings. The molecular weight excluding hydrogens is 370 g/mol. The van der Waals surface area contributed by atoms with Crippen LogP contribution in [0.1, 0.15) is 56.1 Å². The smallest absolute Gasteiger partial charge is 0.410 e. The van der Waals surface area contributed by atoms with Crippen LogP contribution in [0.15, 0.2) is 60.2 Å². The van der Waals surface area contributed by atoms with Crippen LogP contribution in [-0.2, 0) is 4.74 Å². The summed E-state index contributed by atoms with van der Waals surface area (Å²) in [6.07, 6.45) is 7.09. The molecule has 152 valence electrons. The van der Waals surface area contributed by atoms with E-state index in [0.29, 0.717) is 6.61 Å². The van der Waals surface area contributed by atoms with Gasteiger partial charge in [-0.25, -0.2) is 4.79 Å². The van der Waals surface area contributed by atoms with Crippen molar-refractivity contribution in [2.45, 2.75) is 57.0 Å². The number of piperidine rings is 1. The largest absolute Gasteiger partial charge is 0.448 e. The zero-order chi connectivity index (χ0) is 20.5. The first-order valence-corrected chi connectivity index (χ1v) is 11.0. The minimum absolute atomic E-state index is 0.108. The maximum absolute atomic E-state index is 13.2. The van der Waals surface area contributed by atoms with Crippen LogP contribution in [0.3, 0.4) is 0 Å². The van der Waals surface area contributed by atoms with Gasteiger partial charge >= 0.3 is 6.09 Å². The number of amides is 1. The Morgan fingerprint density at radius 1 is 1.07 bits per heavy atom. The number of hydrogen-bond acceptors (Lipinski definition) is 2. The lowest BCUT2D eigenvalue weighted by Gasteiger charge is -2.44. The van der Waals surface area contributed by atoms with Gasteiger partial charge in [-0.15, -0.1) is 5.92 Å². The third-order valence-corrected chi connectivity index (χ3v) is 6.75. The van der Waals surface area contributed by atoms with E-state index in [0.717, 1.165) is 25.7 Å². The predicted molar refractivity (Wildman–Crippen MR) is 119 cm³/mol. The summed E-state index contributed by atoms with van der Waals surface area (Å²) < 4.78 is 5.96. The summed E-state index contributed by atoms with van der Waals surface area (Å²) >= 11 is 0. The van der Waals surface area contributed by atoms with Crippen molar-refractivity contribution in [1.82, 2.24) is 4.90 Å². The molecule has 30 heavy (non-hydrogen) atoms. The van der Waals surface area contributed by atoms with Gasteiger partial charge in [0.2, 0.25) is 0 Å². The molecule has 2 atom stereocenters. The van der Waals surface area contributed by atoms with Crippen LogP contribution >= 0.6 is 0 Å². The first-order chi connectivity index (χ1) is 14.8. The monoisotopic (exact) mass is 397 g/mol. The van der Waals surface area contributed by atoms with E-state index in [2.05, 4.69) is 66.4 Å². The molecule has 0 radical (unpaired) electrons. The van der Waals surface area contributed by atoms with Crippen molar-refractivity contribution in [3.63, 3.8) is 0 Å². The lowest BCUT2D eigenvalue weighted by atomic mass is 9.84. The second-order valence-corrected chi connectivity index (χ2v) is 8.50. The minimum Gasteiger partial charge on any atom is -0.448 e. The molecule has 3 nitrogen and oxygen atoms in total. The van der Waals surface area contributed by atoms with Crippen LogP contribution < -0.4 is 0 Å². The highest BCUT2D eigenvalue weighted by Gasteiger charge is 2.38. The standard InChI is InChI=1S/C27H27NO2/c1-2-3-9-19-16-20-10-8-11-21(17-19)28(20)27(29)30-18-26-24-14-6-4-12-22(24)23-13-5-7-15-25(23)26/h4-7,12-16,20-21,26H,8-11,17-18H2,1H3. The zero-order valence-corrected chi connectivity index (χ0v) is 17.4. The highest BCUT2D eigenvalue weighted by Crippen LogP contribution is 2.44. The molecule has 1 saturated heterocycles. The fraction of sp³-hybridized carbons (Fsp3) is 0.370. The number of benzene rings is 2. The van der Waals surface area contributed by atoms with Crippen LogP contribution in [0.5, 0.6) is 0 Å². The minimum atomic E-state index is -0.163. The van der Waals surface area contributed by atoms with Gasteiger partial charge < -0.3 is 4.74 Å². The van der Waals surface area contributed by atoms with Gasteiger partial charge in [-0.1, -0.05) is 66.1 Å².